The summed E-state index contributed by atoms with van der Waals surface area (Å²) < 4.78 is 33.0. The number of rotatable bonds is 19. The van der Waals surface area contributed by atoms with Gasteiger partial charge in [0.2, 0.25) is 0 Å². The van der Waals surface area contributed by atoms with Crippen molar-refractivity contribution in [2.45, 2.75) is 116 Å². The Labute approximate surface area is 205 Å². The lowest BCUT2D eigenvalue weighted by Gasteiger charge is -2.11. The molecule has 0 aliphatic carbocycles. The molecule has 0 spiro atoms. The second-order valence-electron chi connectivity index (χ2n) is 9.39. The Hall–Kier alpha value is -2.04. The third kappa shape index (κ3) is 11.9. The molecular weight excluding hydrogens is 430 g/mol. The fraction of sp³-hybridized carbons (Fsp3) is 0.655. The zero-order valence-corrected chi connectivity index (χ0v) is 21.3. The summed E-state index contributed by atoms with van der Waals surface area (Å²) in [6.07, 6.45) is 15.7. The Morgan fingerprint density at radius 2 is 1.32 bits per heavy atom. The highest BCUT2D eigenvalue weighted by molar-refractivity contribution is 5.55. The minimum atomic E-state index is -1.11. The van der Waals surface area contributed by atoms with Crippen molar-refractivity contribution in [3.63, 3.8) is 0 Å². The van der Waals surface area contributed by atoms with Gasteiger partial charge in [-0.25, -0.2) is 18.7 Å². The molecule has 2 aromatic rings. The zero-order chi connectivity index (χ0) is 24.4. The normalized spacial score (nSPS) is 13.1. The van der Waals surface area contributed by atoms with E-state index in [0.29, 0.717) is 37.3 Å². The number of hydrogen-bond acceptors (Lipinski definition) is 3. The number of unbranched alkanes of at least 4 members (excludes halogenated alkanes) is 7. The summed E-state index contributed by atoms with van der Waals surface area (Å²) in [5, 5.41) is 0. The monoisotopic (exact) mass is 474 g/mol. The van der Waals surface area contributed by atoms with E-state index < -0.39 is 12.3 Å². The van der Waals surface area contributed by atoms with Crippen molar-refractivity contribution < 1.29 is 13.5 Å². The average Bonchev–Trinajstić information content (AvgIpc) is 2.85. The number of aromatic nitrogens is 2. The topological polar surface area (TPSA) is 35.0 Å². The minimum Gasteiger partial charge on any atom is -0.487 e. The molecule has 190 valence electrons. The number of hydrogen-bond donors (Lipinski definition) is 0. The molecule has 5 heteroatoms. The van der Waals surface area contributed by atoms with E-state index in [1.165, 1.54) is 56.9 Å². The van der Waals surface area contributed by atoms with Gasteiger partial charge in [-0.05, 0) is 44.1 Å². The fourth-order valence-electron chi connectivity index (χ4n) is 4.11. The predicted molar refractivity (Wildman–Crippen MR) is 138 cm³/mol. The molecule has 1 aromatic heterocycles. The quantitative estimate of drug-likeness (QED) is 0.191. The van der Waals surface area contributed by atoms with E-state index in [1.807, 2.05) is 6.92 Å². The van der Waals surface area contributed by atoms with Crippen LogP contribution in [0.25, 0.3) is 11.4 Å². The fourth-order valence-corrected chi connectivity index (χ4v) is 4.11. The van der Waals surface area contributed by atoms with Gasteiger partial charge < -0.3 is 4.74 Å². The van der Waals surface area contributed by atoms with Crippen LogP contribution in [0.1, 0.15) is 103 Å². The van der Waals surface area contributed by atoms with E-state index in [1.54, 1.807) is 12.4 Å². The van der Waals surface area contributed by atoms with Gasteiger partial charge in [-0.15, -0.1) is 0 Å². The number of halogens is 2. The summed E-state index contributed by atoms with van der Waals surface area (Å²) in [5.74, 6) is 1.08. The molecule has 2 unspecified atom stereocenters. The summed E-state index contributed by atoms with van der Waals surface area (Å²) in [4.78, 5) is 8.74. The Bertz CT molecular complexity index is 752. The lowest BCUT2D eigenvalue weighted by molar-refractivity contribution is 0.177. The van der Waals surface area contributed by atoms with E-state index in [-0.39, 0.29) is 6.61 Å². The van der Waals surface area contributed by atoms with Crippen LogP contribution in [0.2, 0.25) is 0 Å². The van der Waals surface area contributed by atoms with Crippen LogP contribution in [0.3, 0.4) is 0 Å². The van der Waals surface area contributed by atoms with Crippen molar-refractivity contribution in [1.82, 2.24) is 9.97 Å². The third-order valence-electron chi connectivity index (χ3n) is 6.23. The molecule has 1 heterocycles. The van der Waals surface area contributed by atoms with Gasteiger partial charge in [0.05, 0.1) is 12.4 Å². The smallest absolute Gasteiger partial charge is 0.159 e. The summed E-state index contributed by atoms with van der Waals surface area (Å²) in [6.45, 7) is 4.16. The van der Waals surface area contributed by atoms with Gasteiger partial charge in [-0.1, -0.05) is 89.5 Å². The van der Waals surface area contributed by atoms with Gasteiger partial charge >= 0.3 is 0 Å². The third-order valence-corrected chi connectivity index (χ3v) is 6.23. The molecule has 0 aliphatic heterocycles. The van der Waals surface area contributed by atoms with E-state index in [0.717, 1.165) is 18.4 Å². The van der Waals surface area contributed by atoms with Crippen molar-refractivity contribution in [1.29, 1.82) is 0 Å². The lowest BCUT2D eigenvalue weighted by atomic mass is 10.0. The maximum absolute atomic E-state index is 14.0. The Morgan fingerprint density at radius 3 is 1.97 bits per heavy atom. The molecule has 1 aromatic carbocycles. The van der Waals surface area contributed by atoms with Gasteiger partial charge in [-0.3, -0.25) is 0 Å². The molecule has 34 heavy (non-hydrogen) atoms. The Kier molecular flexibility index (Phi) is 14.4. The largest absolute Gasteiger partial charge is 0.487 e. The van der Waals surface area contributed by atoms with Crippen LogP contribution in [0.4, 0.5) is 8.78 Å². The lowest BCUT2D eigenvalue weighted by Crippen LogP contribution is -2.14. The first-order valence-electron chi connectivity index (χ1n) is 13.4. The van der Waals surface area contributed by atoms with Gasteiger partial charge in [-0.2, -0.15) is 0 Å². The van der Waals surface area contributed by atoms with E-state index in [9.17, 15) is 8.78 Å². The summed E-state index contributed by atoms with van der Waals surface area (Å²) in [5.41, 5.74) is 2.31. The highest BCUT2D eigenvalue weighted by Crippen LogP contribution is 2.20. The van der Waals surface area contributed by atoms with Gasteiger partial charge in [0.15, 0.2) is 11.6 Å². The molecule has 0 saturated carbocycles. The van der Waals surface area contributed by atoms with Crippen LogP contribution < -0.4 is 4.74 Å². The second-order valence-corrected chi connectivity index (χ2v) is 9.39. The maximum atomic E-state index is 14.0. The minimum absolute atomic E-state index is 0.0547. The molecule has 0 bridgehead atoms. The Balaban J connectivity index is 1.66. The number of benzene rings is 1. The van der Waals surface area contributed by atoms with Gasteiger partial charge in [0.1, 0.15) is 19.0 Å². The standard InChI is InChI=1S/C29H44F2N2O/c1-3-5-6-7-8-9-10-11-14-24-17-19-25(20-18-24)29-32-21-28(22-33-29)34-23-27(31)16-12-15-26(30)13-4-2/h17-22,26-27H,3-16,23H2,1-2H3. The number of ether oxygens (including phenoxy) is 1. The van der Waals surface area contributed by atoms with E-state index in [2.05, 4.69) is 41.2 Å². The van der Waals surface area contributed by atoms with Crippen LogP contribution in [-0.2, 0) is 6.42 Å². The van der Waals surface area contributed by atoms with Crippen LogP contribution >= 0.6 is 0 Å². The molecule has 0 N–H and O–H groups in total. The molecule has 2 atom stereocenters. The van der Waals surface area contributed by atoms with Crippen LogP contribution in [0, 0.1) is 0 Å². The molecule has 0 amide bonds. The second kappa shape index (κ2) is 17.4. The first-order valence-corrected chi connectivity index (χ1v) is 13.4. The summed E-state index contributed by atoms with van der Waals surface area (Å²) in [6, 6.07) is 8.43. The number of aryl methyl sites for hydroxylation is 1. The number of alkyl halides is 2. The van der Waals surface area contributed by atoms with E-state index in [4.69, 9.17) is 4.74 Å². The van der Waals surface area contributed by atoms with Crippen molar-refractivity contribution in [3.05, 3.63) is 42.2 Å². The van der Waals surface area contributed by atoms with Crippen LogP contribution in [-0.4, -0.2) is 28.9 Å². The molecule has 0 saturated heterocycles. The van der Waals surface area contributed by atoms with Crippen molar-refractivity contribution in [3.8, 4) is 17.1 Å². The first-order chi connectivity index (χ1) is 16.6. The SMILES string of the molecule is CCCCCCCCCCc1ccc(-c2ncc(OCC(F)CCCC(F)CCC)cn2)cc1. The van der Waals surface area contributed by atoms with Crippen LogP contribution in [0.15, 0.2) is 36.7 Å². The van der Waals surface area contributed by atoms with Crippen molar-refractivity contribution in [2.24, 2.45) is 0 Å². The molecule has 3 nitrogen and oxygen atoms in total. The predicted octanol–water partition coefficient (Wildman–Crippen LogP) is 8.85. The highest BCUT2D eigenvalue weighted by Gasteiger charge is 2.11. The average molecular weight is 475 g/mol. The number of nitrogens with zero attached hydrogens (tertiary/aromatic N) is 2. The van der Waals surface area contributed by atoms with Gasteiger partial charge in [0, 0.05) is 5.56 Å². The molecule has 0 aliphatic rings. The van der Waals surface area contributed by atoms with Crippen molar-refractivity contribution in [2.75, 3.05) is 6.61 Å². The summed E-state index contributed by atoms with van der Waals surface area (Å²) in [7, 11) is 0. The Morgan fingerprint density at radius 1 is 0.706 bits per heavy atom. The zero-order valence-electron chi connectivity index (χ0n) is 21.3. The van der Waals surface area contributed by atoms with Gasteiger partial charge in [0.25, 0.3) is 0 Å². The van der Waals surface area contributed by atoms with E-state index >= 15 is 0 Å². The molecule has 0 fully saturated rings. The molecule has 0 radical (unpaired) electrons. The first kappa shape index (κ1) is 28.2. The van der Waals surface area contributed by atoms with Crippen LogP contribution in [0.5, 0.6) is 5.75 Å². The molecular formula is C29H44F2N2O. The molecule has 2 rings (SSSR count). The maximum Gasteiger partial charge on any atom is 0.159 e. The summed E-state index contributed by atoms with van der Waals surface area (Å²) >= 11 is 0. The van der Waals surface area contributed by atoms with Crippen molar-refractivity contribution >= 4 is 0 Å². The highest BCUT2D eigenvalue weighted by atomic mass is 19.1.